The van der Waals surface area contributed by atoms with Gasteiger partial charge in [0.2, 0.25) is 0 Å². The Balaban J connectivity index is 1.55. The Kier molecular flexibility index (Phi) is 7.15. The van der Waals surface area contributed by atoms with E-state index in [4.69, 9.17) is 9.47 Å². The summed E-state index contributed by atoms with van der Waals surface area (Å²) in [4.78, 5) is 14.7. The highest BCUT2D eigenvalue weighted by molar-refractivity contribution is 5.93. The maximum absolute atomic E-state index is 13.8. The molecule has 8 heteroatoms. The van der Waals surface area contributed by atoms with E-state index in [1.807, 2.05) is 0 Å². The van der Waals surface area contributed by atoms with E-state index in [2.05, 4.69) is 11.1 Å². The van der Waals surface area contributed by atoms with Gasteiger partial charge >= 0.3 is 12.1 Å². The zero-order chi connectivity index (χ0) is 25.0. The van der Waals surface area contributed by atoms with Crippen LogP contribution in [0.5, 0.6) is 5.75 Å². The summed E-state index contributed by atoms with van der Waals surface area (Å²) < 4.78 is 51.9. The molecule has 35 heavy (non-hydrogen) atoms. The van der Waals surface area contributed by atoms with Crippen molar-refractivity contribution in [3.05, 3.63) is 70.4 Å². The number of nitriles is 1. The number of ether oxygens (including phenoxy) is 2. The molecule has 0 aliphatic heterocycles. The van der Waals surface area contributed by atoms with E-state index in [9.17, 15) is 23.2 Å². The van der Waals surface area contributed by atoms with E-state index >= 15 is 0 Å². The molecule has 3 aromatic rings. The largest absolute Gasteiger partial charge is 0.489 e. The van der Waals surface area contributed by atoms with Gasteiger partial charge in [-0.05, 0) is 67.2 Å². The van der Waals surface area contributed by atoms with Crippen molar-refractivity contribution < 1.29 is 27.4 Å². The van der Waals surface area contributed by atoms with E-state index in [0.29, 0.717) is 39.0 Å². The number of carbonyl (C=O) groups excluding carboxylic acids is 1. The average molecular weight is 483 g/mol. The SMILES string of the molecule is CCOC(=O)/C=C/c1[nH]c2ccc(OCc3ccc(C4CCCC4)c(C(F)(F)F)c3)cc2c1C#N. The van der Waals surface area contributed by atoms with Gasteiger partial charge in [0.15, 0.2) is 0 Å². The summed E-state index contributed by atoms with van der Waals surface area (Å²) >= 11 is 0. The van der Waals surface area contributed by atoms with Crippen molar-refractivity contribution in [1.82, 2.24) is 4.98 Å². The number of benzene rings is 2. The molecule has 1 heterocycles. The van der Waals surface area contributed by atoms with Crippen LogP contribution in [0.25, 0.3) is 17.0 Å². The van der Waals surface area contributed by atoms with Gasteiger partial charge in [0.05, 0.1) is 23.4 Å². The lowest BCUT2D eigenvalue weighted by Gasteiger charge is -2.19. The number of halogens is 3. The van der Waals surface area contributed by atoms with Crippen LogP contribution in [0.2, 0.25) is 0 Å². The molecule has 0 bridgehead atoms. The molecule has 0 amide bonds. The summed E-state index contributed by atoms with van der Waals surface area (Å²) in [5.74, 6) is -0.146. The molecule has 0 saturated heterocycles. The summed E-state index contributed by atoms with van der Waals surface area (Å²) in [6.07, 6.45) is 1.77. The summed E-state index contributed by atoms with van der Waals surface area (Å²) in [5, 5.41) is 10.2. The number of carbonyl (C=O) groups is 1. The molecule has 1 N–H and O–H groups in total. The molecule has 1 aromatic heterocycles. The predicted octanol–water partition coefficient (Wildman–Crippen LogP) is 6.87. The second-order valence-electron chi connectivity index (χ2n) is 8.51. The number of hydrogen-bond donors (Lipinski definition) is 1. The van der Waals surface area contributed by atoms with Crippen LogP contribution in [0.3, 0.4) is 0 Å². The number of esters is 1. The second-order valence-corrected chi connectivity index (χ2v) is 8.51. The maximum atomic E-state index is 13.8. The van der Waals surface area contributed by atoms with Gasteiger partial charge in [0, 0.05) is 17.0 Å². The van der Waals surface area contributed by atoms with E-state index in [-0.39, 0.29) is 19.1 Å². The maximum Gasteiger partial charge on any atom is 0.416 e. The zero-order valence-corrected chi connectivity index (χ0v) is 19.2. The van der Waals surface area contributed by atoms with Crippen molar-refractivity contribution in [3.63, 3.8) is 0 Å². The predicted molar refractivity (Wildman–Crippen MR) is 126 cm³/mol. The standard InChI is InChI=1S/C27H25F3N2O3/c1-2-34-26(33)12-11-25-22(15-31)21-14-19(8-10-24(21)32-25)35-16-17-7-9-20(18-5-3-4-6-18)23(13-17)27(28,29)30/h7-14,18,32H,2-6,16H2,1H3/b12-11+. The van der Waals surface area contributed by atoms with Crippen molar-refractivity contribution in [3.8, 4) is 11.8 Å². The number of hydrogen-bond acceptors (Lipinski definition) is 4. The molecule has 1 fully saturated rings. The minimum absolute atomic E-state index is 0.0402. The van der Waals surface area contributed by atoms with Crippen LogP contribution < -0.4 is 4.74 Å². The fraction of sp³-hybridized carbons (Fsp3) is 0.333. The molecule has 1 aliphatic rings. The van der Waals surface area contributed by atoms with E-state index in [1.165, 1.54) is 18.2 Å². The molecule has 182 valence electrons. The Hall–Kier alpha value is -3.73. The first-order valence-corrected chi connectivity index (χ1v) is 11.5. The number of aromatic nitrogens is 1. The van der Waals surface area contributed by atoms with Gasteiger partial charge in [-0.2, -0.15) is 18.4 Å². The van der Waals surface area contributed by atoms with Crippen LogP contribution in [0.15, 0.2) is 42.5 Å². The van der Waals surface area contributed by atoms with Gasteiger partial charge < -0.3 is 14.5 Å². The van der Waals surface area contributed by atoms with Gasteiger partial charge in [-0.3, -0.25) is 0 Å². The van der Waals surface area contributed by atoms with Crippen molar-refractivity contribution in [2.24, 2.45) is 0 Å². The lowest BCUT2D eigenvalue weighted by molar-refractivity contribution is -0.138. The van der Waals surface area contributed by atoms with Crippen LogP contribution in [-0.4, -0.2) is 17.6 Å². The normalized spacial score (nSPS) is 14.5. The Labute approximate surface area is 201 Å². The van der Waals surface area contributed by atoms with Gasteiger partial charge in [-0.25, -0.2) is 4.79 Å². The van der Waals surface area contributed by atoms with Crippen LogP contribution in [0, 0.1) is 11.3 Å². The molecular weight excluding hydrogens is 457 g/mol. The third kappa shape index (κ3) is 5.51. The number of fused-ring (bicyclic) bond motifs is 1. The van der Waals surface area contributed by atoms with Crippen molar-refractivity contribution in [2.45, 2.75) is 51.3 Å². The molecule has 1 saturated carbocycles. The Bertz CT molecular complexity index is 1300. The zero-order valence-electron chi connectivity index (χ0n) is 19.2. The van der Waals surface area contributed by atoms with Gasteiger partial charge in [-0.1, -0.05) is 25.0 Å². The van der Waals surface area contributed by atoms with Gasteiger partial charge in [-0.15, -0.1) is 0 Å². The summed E-state index contributed by atoms with van der Waals surface area (Å²) in [6.45, 7) is 1.90. The summed E-state index contributed by atoms with van der Waals surface area (Å²) in [7, 11) is 0. The topological polar surface area (TPSA) is 75.1 Å². The summed E-state index contributed by atoms with van der Waals surface area (Å²) in [6, 6.07) is 11.6. The second kappa shape index (κ2) is 10.3. The first kappa shape index (κ1) is 24.4. The highest BCUT2D eigenvalue weighted by atomic mass is 19.4. The number of H-pyrrole nitrogens is 1. The van der Waals surface area contributed by atoms with E-state index < -0.39 is 17.7 Å². The monoisotopic (exact) mass is 482 g/mol. The molecule has 4 rings (SSSR count). The summed E-state index contributed by atoms with van der Waals surface area (Å²) in [5.41, 5.74) is 1.65. The third-order valence-electron chi connectivity index (χ3n) is 6.21. The highest BCUT2D eigenvalue weighted by Crippen LogP contribution is 2.42. The van der Waals surface area contributed by atoms with Crippen LogP contribution in [0.4, 0.5) is 13.2 Å². The molecule has 2 aromatic carbocycles. The van der Waals surface area contributed by atoms with E-state index in [1.54, 1.807) is 37.3 Å². The molecule has 1 aliphatic carbocycles. The molecule has 5 nitrogen and oxygen atoms in total. The number of aromatic amines is 1. The Morgan fingerprint density at radius 1 is 1.20 bits per heavy atom. The third-order valence-corrected chi connectivity index (χ3v) is 6.21. The fourth-order valence-corrected chi connectivity index (χ4v) is 4.57. The first-order valence-electron chi connectivity index (χ1n) is 11.5. The number of alkyl halides is 3. The highest BCUT2D eigenvalue weighted by Gasteiger charge is 2.36. The molecule has 0 radical (unpaired) electrons. The van der Waals surface area contributed by atoms with Gasteiger partial charge in [0.25, 0.3) is 0 Å². The Morgan fingerprint density at radius 3 is 2.66 bits per heavy atom. The van der Waals surface area contributed by atoms with Gasteiger partial charge in [0.1, 0.15) is 18.4 Å². The first-order chi connectivity index (χ1) is 16.8. The van der Waals surface area contributed by atoms with Crippen molar-refractivity contribution >= 4 is 22.9 Å². The number of nitrogens with zero attached hydrogens (tertiary/aromatic N) is 1. The van der Waals surface area contributed by atoms with Crippen molar-refractivity contribution in [2.75, 3.05) is 6.61 Å². The number of rotatable bonds is 7. The quantitative estimate of drug-likeness (QED) is 0.295. The molecule has 0 unspecified atom stereocenters. The van der Waals surface area contributed by atoms with Crippen LogP contribution >= 0.6 is 0 Å². The van der Waals surface area contributed by atoms with Crippen LogP contribution in [0.1, 0.15) is 66.5 Å². The fourth-order valence-electron chi connectivity index (χ4n) is 4.57. The smallest absolute Gasteiger partial charge is 0.416 e. The average Bonchev–Trinajstić information content (AvgIpc) is 3.48. The molecular formula is C27H25F3N2O3. The minimum atomic E-state index is -4.42. The number of nitrogens with one attached hydrogen (secondary N) is 1. The van der Waals surface area contributed by atoms with E-state index in [0.717, 1.165) is 25.7 Å². The molecule has 0 atom stereocenters. The van der Waals surface area contributed by atoms with Crippen molar-refractivity contribution in [1.29, 1.82) is 5.26 Å². The minimum Gasteiger partial charge on any atom is -0.489 e. The lowest BCUT2D eigenvalue weighted by Crippen LogP contribution is -2.12. The lowest BCUT2D eigenvalue weighted by atomic mass is 9.91. The Morgan fingerprint density at radius 2 is 1.97 bits per heavy atom. The van der Waals surface area contributed by atoms with Crippen LogP contribution in [-0.2, 0) is 22.3 Å². The molecule has 0 spiro atoms.